The SMILES string of the molecule is CC(C)(C)c1cc(N2C[C@H]3CNC[C@H]3C2)nc(N)n1. The van der Waals surface area contributed by atoms with Crippen LogP contribution in [0.25, 0.3) is 0 Å². The van der Waals surface area contributed by atoms with Gasteiger partial charge in [-0.1, -0.05) is 20.8 Å². The van der Waals surface area contributed by atoms with Gasteiger partial charge in [0.2, 0.25) is 5.95 Å². The van der Waals surface area contributed by atoms with Crippen molar-refractivity contribution in [2.45, 2.75) is 26.2 Å². The van der Waals surface area contributed by atoms with E-state index in [2.05, 4.69) is 47.0 Å². The van der Waals surface area contributed by atoms with Crippen LogP contribution in [0.5, 0.6) is 0 Å². The lowest BCUT2D eigenvalue weighted by molar-refractivity contribution is 0.533. The van der Waals surface area contributed by atoms with E-state index in [4.69, 9.17) is 5.73 Å². The molecule has 0 radical (unpaired) electrons. The Kier molecular flexibility index (Phi) is 2.89. The normalized spacial score (nSPS) is 26.8. The van der Waals surface area contributed by atoms with E-state index in [9.17, 15) is 0 Å². The molecule has 0 unspecified atom stereocenters. The molecule has 1 aromatic heterocycles. The van der Waals surface area contributed by atoms with E-state index < -0.39 is 0 Å². The Morgan fingerprint density at radius 1 is 1.21 bits per heavy atom. The molecule has 0 bridgehead atoms. The lowest BCUT2D eigenvalue weighted by Gasteiger charge is -2.23. The minimum atomic E-state index is 0.00294. The highest BCUT2D eigenvalue weighted by molar-refractivity contribution is 5.46. The largest absolute Gasteiger partial charge is 0.368 e. The Hall–Kier alpha value is -1.36. The summed E-state index contributed by atoms with van der Waals surface area (Å²) < 4.78 is 0. The molecule has 0 aromatic carbocycles. The number of aromatic nitrogens is 2. The predicted molar refractivity (Wildman–Crippen MR) is 77.2 cm³/mol. The molecule has 3 rings (SSSR count). The molecule has 5 heteroatoms. The Labute approximate surface area is 114 Å². The van der Waals surface area contributed by atoms with Gasteiger partial charge in [-0.15, -0.1) is 0 Å². The van der Waals surface area contributed by atoms with Crippen molar-refractivity contribution in [1.29, 1.82) is 0 Å². The van der Waals surface area contributed by atoms with Crippen molar-refractivity contribution in [3.05, 3.63) is 11.8 Å². The maximum Gasteiger partial charge on any atom is 0.222 e. The van der Waals surface area contributed by atoms with Gasteiger partial charge in [-0.2, -0.15) is 4.98 Å². The Balaban J connectivity index is 1.87. The van der Waals surface area contributed by atoms with Crippen LogP contribution in [0.15, 0.2) is 6.07 Å². The fraction of sp³-hybridized carbons (Fsp3) is 0.714. The fourth-order valence-electron chi connectivity index (χ4n) is 3.04. The van der Waals surface area contributed by atoms with E-state index in [-0.39, 0.29) is 5.41 Å². The van der Waals surface area contributed by atoms with Crippen LogP contribution in [-0.4, -0.2) is 36.1 Å². The molecule has 3 heterocycles. The molecule has 19 heavy (non-hydrogen) atoms. The number of hydrogen-bond donors (Lipinski definition) is 2. The van der Waals surface area contributed by atoms with Gasteiger partial charge in [-0.05, 0) is 11.8 Å². The van der Waals surface area contributed by atoms with Crippen molar-refractivity contribution in [3.63, 3.8) is 0 Å². The molecule has 2 aliphatic rings. The number of anilines is 2. The highest BCUT2D eigenvalue weighted by atomic mass is 15.2. The lowest BCUT2D eigenvalue weighted by Crippen LogP contribution is -2.27. The maximum absolute atomic E-state index is 5.88. The first-order chi connectivity index (χ1) is 8.93. The minimum absolute atomic E-state index is 0.00294. The highest BCUT2D eigenvalue weighted by Gasteiger charge is 2.37. The summed E-state index contributed by atoms with van der Waals surface area (Å²) in [5.41, 5.74) is 6.90. The molecule has 0 spiro atoms. The number of nitrogens with two attached hydrogens (primary N) is 1. The van der Waals surface area contributed by atoms with Crippen molar-refractivity contribution in [2.24, 2.45) is 11.8 Å². The standard InChI is InChI=1S/C14H23N5/c1-14(2,3)11-4-12(18-13(15)17-11)19-7-9-5-16-6-10(9)8-19/h4,9-10,16H,5-8H2,1-3H3,(H2,15,17,18)/t9-,10+. The van der Waals surface area contributed by atoms with Crippen LogP contribution in [0.4, 0.5) is 11.8 Å². The summed E-state index contributed by atoms with van der Waals surface area (Å²) >= 11 is 0. The van der Waals surface area contributed by atoms with Crippen molar-refractivity contribution in [1.82, 2.24) is 15.3 Å². The molecule has 0 aliphatic carbocycles. The molecule has 2 aliphatic heterocycles. The van der Waals surface area contributed by atoms with Crippen molar-refractivity contribution >= 4 is 11.8 Å². The van der Waals surface area contributed by atoms with E-state index in [1.807, 2.05) is 0 Å². The molecule has 2 atom stereocenters. The van der Waals surface area contributed by atoms with Crippen LogP contribution < -0.4 is 16.0 Å². The first kappa shape index (κ1) is 12.7. The third-order valence-corrected chi connectivity index (χ3v) is 4.21. The maximum atomic E-state index is 5.88. The molecular weight excluding hydrogens is 238 g/mol. The van der Waals surface area contributed by atoms with Gasteiger partial charge in [0.05, 0.1) is 5.69 Å². The molecular formula is C14H23N5. The number of fused-ring (bicyclic) bond motifs is 1. The summed E-state index contributed by atoms with van der Waals surface area (Å²) in [6, 6.07) is 2.10. The summed E-state index contributed by atoms with van der Waals surface area (Å²) in [6.07, 6.45) is 0. The van der Waals surface area contributed by atoms with Crippen molar-refractivity contribution in [2.75, 3.05) is 36.8 Å². The molecule has 2 saturated heterocycles. The molecule has 3 N–H and O–H groups in total. The van der Waals surface area contributed by atoms with Crippen LogP contribution in [-0.2, 0) is 5.41 Å². The van der Waals surface area contributed by atoms with Gasteiger partial charge in [0.1, 0.15) is 5.82 Å². The lowest BCUT2D eigenvalue weighted by atomic mass is 9.92. The third kappa shape index (κ3) is 2.39. The van der Waals surface area contributed by atoms with E-state index in [0.29, 0.717) is 5.95 Å². The fourth-order valence-corrected chi connectivity index (χ4v) is 3.04. The summed E-state index contributed by atoms with van der Waals surface area (Å²) in [5, 5.41) is 3.46. The molecule has 1 aromatic rings. The Morgan fingerprint density at radius 2 is 1.84 bits per heavy atom. The third-order valence-electron chi connectivity index (χ3n) is 4.21. The summed E-state index contributed by atoms with van der Waals surface area (Å²) in [6.45, 7) is 10.9. The van der Waals surface area contributed by atoms with Crippen LogP contribution in [0.3, 0.4) is 0 Å². The van der Waals surface area contributed by atoms with E-state index in [0.717, 1.165) is 49.5 Å². The van der Waals surface area contributed by atoms with E-state index >= 15 is 0 Å². The van der Waals surface area contributed by atoms with Crippen LogP contribution in [0, 0.1) is 11.8 Å². The molecule has 0 amide bonds. The zero-order valence-electron chi connectivity index (χ0n) is 12.0. The topological polar surface area (TPSA) is 67.1 Å². The average Bonchev–Trinajstić information content (AvgIpc) is 2.86. The molecule has 104 valence electrons. The van der Waals surface area contributed by atoms with Crippen LogP contribution in [0.1, 0.15) is 26.5 Å². The summed E-state index contributed by atoms with van der Waals surface area (Å²) in [5.74, 6) is 2.90. The Morgan fingerprint density at radius 3 is 2.42 bits per heavy atom. The Bertz CT molecular complexity index is 467. The zero-order chi connectivity index (χ0) is 13.6. The highest BCUT2D eigenvalue weighted by Crippen LogP contribution is 2.31. The first-order valence-electron chi connectivity index (χ1n) is 7.04. The second-order valence-corrected chi connectivity index (χ2v) is 6.80. The molecule has 5 nitrogen and oxygen atoms in total. The smallest absolute Gasteiger partial charge is 0.222 e. The van der Waals surface area contributed by atoms with Gasteiger partial charge in [0, 0.05) is 37.7 Å². The van der Waals surface area contributed by atoms with E-state index in [1.54, 1.807) is 0 Å². The predicted octanol–water partition coefficient (Wildman–Crippen LogP) is 1.01. The van der Waals surface area contributed by atoms with Gasteiger partial charge in [0.25, 0.3) is 0 Å². The van der Waals surface area contributed by atoms with Crippen molar-refractivity contribution < 1.29 is 0 Å². The number of rotatable bonds is 1. The van der Waals surface area contributed by atoms with Gasteiger partial charge >= 0.3 is 0 Å². The van der Waals surface area contributed by atoms with Gasteiger partial charge in [0.15, 0.2) is 0 Å². The monoisotopic (exact) mass is 261 g/mol. The first-order valence-corrected chi connectivity index (χ1v) is 7.04. The number of nitrogen functional groups attached to an aromatic ring is 1. The quantitative estimate of drug-likeness (QED) is 0.790. The molecule has 0 saturated carbocycles. The second-order valence-electron chi connectivity index (χ2n) is 6.80. The number of nitrogens with zero attached hydrogens (tertiary/aromatic N) is 3. The van der Waals surface area contributed by atoms with Gasteiger partial charge in [-0.3, -0.25) is 0 Å². The number of nitrogens with one attached hydrogen (secondary N) is 1. The second kappa shape index (κ2) is 4.34. The molecule has 2 fully saturated rings. The van der Waals surface area contributed by atoms with E-state index in [1.165, 1.54) is 0 Å². The zero-order valence-corrected chi connectivity index (χ0v) is 12.0. The van der Waals surface area contributed by atoms with Crippen LogP contribution in [0.2, 0.25) is 0 Å². The van der Waals surface area contributed by atoms with Gasteiger partial charge in [-0.25, -0.2) is 4.98 Å². The van der Waals surface area contributed by atoms with Gasteiger partial charge < -0.3 is 16.0 Å². The minimum Gasteiger partial charge on any atom is -0.368 e. The van der Waals surface area contributed by atoms with Crippen LogP contribution >= 0.6 is 0 Å². The van der Waals surface area contributed by atoms with Crippen molar-refractivity contribution in [3.8, 4) is 0 Å². The summed E-state index contributed by atoms with van der Waals surface area (Å²) in [7, 11) is 0. The summed E-state index contributed by atoms with van der Waals surface area (Å²) in [4.78, 5) is 11.2. The number of hydrogen-bond acceptors (Lipinski definition) is 5. The average molecular weight is 261 g/mol.